The van der Waals surface area contributed by atoms with Crippen LogP contribution in [0.15, 0.2) is 0 Å². The molecule has 2 rings (SSSR count). The molecule has 5 nitrogen and oxygen atoms in total. The summed E-state index contributed by atoms with van der Waals surface area (Å²) < 4.78 is 11.0. The molecule has 0 saturated carbocycles. The standard InChI is InChI=1S/C15H29NO4/c1-11(2)14-12(4-3-6-20-14)8-16-9-13(17)15(18)5-7-19-10-15/h11-14,16-18H,3-10H2,1-2H3. The third-order valence-corrected chi connectivity index (χ3v) is 4.55. The van der Waals surface area contributed by atoms with Crippen molar-refractivity contribution in [2.24, 2.45) is 11.8 Å². The molecule has 5 heteroatoms. The van der Waals surface area contributed by atoms with Crippen LogP contribution in [0.4, 0.5) is 0 Å². The van der Waals surface area contributed by atoms with Gasteiger partial charge in [-0.05, 0) is 24.7 Å². The van der Waals surface area contributed by atoms with Gasteiger partial charge in [0.15, 0.2) is 0 Å². The molecular formula is C15H29NO4. The molecule has 2 saturated heterocycles. The van der Waals surface area contributed by atoms with Gasteiger partial charge in [0.1, 0.15) is 5.60 Å². The van der Waals surface area contributed by atoms with E-state index in [0.717, 1.165) is 19.6 Å². The predicted molar refractivity (Wildman–Crippen MR) is 76.6 cm³/mol. The Morgan fingerprint density at radius 2 is 2.15 bits per heavy atom. The largest absolute Gasteiger partial charge is 0.389 e. The first kappa shape index (κ1) is 16.2. The fourth-order valence-corrected chi connectivity index (χ4v) is 3.25. The highest BCUT2D eigenvalue weighted by molar-refractivity contribution is 4.91. The molecule has 2 aliphatic rings. The highest BCUT2D eigenvalue weighted by Gasteiger charge is 2.39. The number of hydrogen-bond donors (Lipinski definition) is 3. The zero-order valence-electron chi connectivity index (χ0n) is 12.7. The number of ether oxygens (including phenoxy) is 2. The maximum Gasteiger partial charge on any atom is 0.117 e. The highest BCUT2D eigenvalue weighted by Crippen LogP contribution is 2.26. The maximum atomic E-state index is 10.2. The zero-order valence-corrected chi connectivity index (χ0v) is 12.7. The molecule has 20 heavy (non-hydrogen) atoms. The van der Waals surface area contributed by atoms with E-state index in [2.05, 4.69) is 19.2 Å². The average molecular weight is 287 g/mol. The Labute approximate surface area is 121 Å². The summed E-state index contributed by atoms with van der Waals surface area (Å²) in [6.45, 7) is 7.24. The third kappa shape index (κ3) is 3.92. The van der Waals surface area contributed by atoms with Gasteiger partial charge in [-0.3, -0.25) is 0 Å². The lowest BCUT2D eigenvalue weighted by Gasteiger charge is -2.35. The van der Waals surface area contributed by atoms with Crippen molar-refractivity contribution in [2.75, 3.05) is 32.9 Å². The summed E-state index contributed by atoms with van der Waals surface area (Å²) in [6.07, 6.45) is 2.31. The highest BCUT2D eigenvalue weighted by atomic mass is 16.5. The topological polar surface area (TPSA) is 71.0 Å². The van der Waals surface area contributed by atoms with Crippen molar-refractivity contribution in [1.29, 1.82) is 0 Å². The SMILES string of the molecule is CC(C)C1OCCCC1CNCC(O)C1(O)CCOC1. The molecule has 0 aromatic rings. The summed E-state index contributed by atoms with van der Waals surface area (Å²) in [6, 6.07) is 0. The number of aliphatic hydroxyl groups is 2. The fraction of sp³-hybridized carbons (Fsp3) is 1.00. The van der Waals surface area contributed by atoms with Gasteiger partial charge in [-0.25, -0.2) is 0 Å². The first-order valence-electron chi connectivity index (χ1n) is 7.83. The van der Waals surface area contributed by atoms with Crippen LogP contribution in [0.3, 0.4) is 0 Å². The van der Waals surface area contributed by atoms with Crippen molar-refractivity contribution in [2.45, 2.75) is 50.9 Å². The maximum absolute atomic E-state index is 10.2. The summed E-state index contributed by atoms with van der Waals surface area (Å²) in [7, 11) is 0. The van der Waals surface area contributed by atoms with Crippen LogP contribution >= 0.6 is 0 Å². The van der Waals surface area contributed by atoms with Gasteiger partial charge in [-0.1, -0.05) is 13.8 Å². The molecular weight excluding hydrogens is 258 g/mol. The van der Waals surface area contributed by atoms with Crippen LogP contribution in [0.25, 0.3) is 0 Å². The number of rotatable bonds is 6. The molecule has 0 bridgehead atoms. The Bertz CT molecular complexity index is 292. The van der Waals surface area contributed by atoms with Crippen LogP contribution in [-0.2, 0) is 9.47 Å². The lowest BCUT2D eigenvalue weighted by molar-refractivity contribution is -0.0779. The van der Waals surface area contributed by atoms with E-state index in [1.807, 2.05) is 0 Å². The lowest BCUT2D eigenvalue weighted by Crippen LogP contribution is -2.49. The molecule has 2 heterocycles. The van der Waals surface area contributed by atoms with Crippen LogP contribution in [-0.4, -0.2) is 60.9 Å². The molecule has 0 aromatic carbocycles. The summed E-state index contributed by atoms with van der Waals surface area (Å²) in [4.78, 5) is 0. The average Bonchev–Trinajstić information content (AvgIpc) is 2.87. The van der Waals surface area contributed by atoms with Gasteiger partial charge < -0.3 is 25.0 Å². The van der Waals surface area contributed by atoms with Gasteiger partial charge in [0, 0.05) is 32.7 Å². The first-order valence-corrected chi connectivity index (χ1v) is 7.83. The molecule has 3 N–H and O–H groups in total. The Morgan fingerprint density at radius 1 is 1.35 bits per heavy atom. The Hall–Kier alpha value is -0.200. The quantitative estimate of drug-likeness (QED) is 0.665. The predicted octanol–water partition coefficient (Wildman–Crippen LogP) is 0.539. The van der Waals surface area contributed by atoms with Crippen LogP contribution in [0.1, 0.15) is 33.1 Å². The summed E-state index contributed by atoms with van der Waals surface area (Å²) in [5, 5.41) is 23.6. The van der Waals surface area contributed by atoms with E-state index in [4.69, 9.17) is 9.47 Å². The Kier molecular flexibility index (Phi) is 5.81. The monoisotopic (exact) mass is 287 g/mol. The third-order valence-electron chi connectivity index (χ3n) is 4.55. The molecule has 0 amide bonds. The Balaban J connectivity index is 1.74. The number of hydrogen-bond acceptors (Lipinski definition) is 5. The second-order valence-electron chi connectivity index (χ2n) is 6.56. The smallest absolute Gasteiger partial charge is 0.117 e. The molecule has 0 spiro atoms. The van der Waals surface area contributed by atoms with Crippen molar-refractivity contribution in [3.63, 3.8) is 0 Å². The molecule has 4 unspecified atom stereocenters. The molecule has 0 aromatic heterocycles. The molecule has 0 radical (unpaired) electrons. The molecule has 4 atom stereocenters. The van der Waals surface area contributed by atoms with Gasteiger partial charge in [-0.2, -0.15) is 0 Å². The minimum atomic E-state index is -1.08. The van der Waals surface area contributed by atoms with E-state index < -0.39 is 11.7 Å². The van der Waals surface area contributed by atoms with Crippen molar-refractivity contribution in [3.05, 3.63) is 0 Å². The van der Waals surface area contributed by atoms with Gasteiger partial charge in [0.2, 0.25) is 0 Å². The van der Waals surface area contributed by atoms with Crippen LogP contribution < -0.4 is 5.32 Å². The zero-order chi connectivity index (χ0) is 14.6. The number of aliphatic hydroxyl groups excluding tert-OH is 1. The fourth-order valence-electron chi connectivity index (χ4n) is 3.25. The summed E-state index contributed by atoms with van der Waals surface area (Å²) in [5.41, 5.74) is -1.08. The van der Waals surface area contributed by atoms with Crippen LogP contribution in [0, 0.1) is 11.8 Å². The van der Waals surface area contributed by atoms with Crippen LogP contribution in [0.5, 0.6) is 0 Å². The second-order valence-corrected chi connectivity index (χ2v) is 6.56. The van der Waals surface area contributed by atoms with Crippen molar-refractivity contribution >= 4 is 0 Å². The molecule has 2 fully saturated rings. The Morgan fingerprint density at radius 3 is 2.80 bits per heavy atom. The van der Waals surface area contributed by atoms with E-state index in [9.17, 15) is 10.2 Å². The summed E-state index contributed by atoms with van der Waals surface area (Å²) in [5.74, 6) is 1.00. The van der Waals surface area contributed by atoms with Crippen molar-refractivity contribution in [1.82, 2.24) is 5.32 Å². The van der Waals surface area contributed by atoms with Gasteiger partial charge in [0.05, 0.1) is 18.8 Å². The molecule has 0 aliphatic carbocycles. The van der Waals surface area contributed by atoms with E-state index in [0.29, 0.717) is 37.5 Å². The molecule has 2 aliphatic heterocycles. The second kappa shape index (κ2) is 7.18. The normalized spacial score (nSPS) is 36.5. The van der Waals surface area contributed by atoms with Gasteiger partial charge in [-0.15, -0.1) is 0 Å². The first-order chi connectivity index (χ1) is 9.53. The van der Waals surface area contributed by atoms with Gasteiger partial charge in [0.25, 0.3) is 0 Å². The molecule has 118 valence electrons. The number of nitrogens with one attached hydrogen (secondary N) is 1. The van der Waals surface area contributed by atoms with Gasteiger partial charge >= 0.3 is 0 Å². The minimum Gasteiger partial charge on any atom is -0.389 e. The lowest BCUT2D eigenvalue weighted by atomic mass is 9.87. The van der Waals surface area contributed by atoms with E-state index in [1.165, 1.54) is 6.42 Å². The van der Waals surface area contributed by atoms with Crippen molar-refractivity contribution < 1.29 is 19.7 Å². The summed E-state index contributed by atoms with van der Waals surface area (Å²) >= 11 is 0. The minimum absolute atomic E-state index is 0.233. The van der Waals surface area contributed by atoms with E-state index in [-0.39, 0.29) is 6.61 Å². The van der Waals surface area contributed by atoms with E-state index in [1.54, 1.807) is 0 Å². The van der Waals surface area contributed by atoms with Crippen molar-refractivity contribution in [3.8, 4) is 0 Å². The van der Waals surface area contributed by atoms with E-state index >= 15 is 0 Å². The van der Waals surface area contributed by atoms with Crippen LogP contribution in [0.2, 0.25) is 0 Å².